The highest BCUT2D eigenvalue weighted by molar-refractivity contribution is 5.92. The predicted octanol–water partition coefficient (Wildman–Crippen LogP) is 2.82. The van der Waals surface area contributed by atoms with Crippen LogP contribution in [0.15, 0.2) is 71.8 Å². The molecule has 0 saturated carbocycles. The van der Waals surface area contributed by atoms with Crippen molar-refractivity contribution in [2.24, 2.45) is 0 Å². The lowest BCUT2D eigenvalue weighted by Gasteiger charge is -2.12. The Hall–Kier alpha value is -4.07. The molecule has 0 atom stereocenters. The van der Waals surface area contributed by atoms with E-state index in [-0.39, 0.29) is 18.0 Å². The smallest absolute Gasteiger partial charge is 0.277 e. The van der Waals surface area contributed by atoms with Gasteiger partial charge >= 0.3 is 0 Å². The van der Waals surface area contributed by atoms with Gasteiger partial charge in [0.25, 0.3) is 5.56 Å². The number of nitrogens with one attached hydrogen (secondary N) is 1. The second-order valence-corrected chi connectivity index (χ2v) is 6.57. The Bertz CT molecular complexity index is 1260. The molecular formula is C22H20N4O4. The van der Waals surface area contributed by atoms with Gasteiger partial charge in [-0.15, -0.1) is 0 Å². The number of benzene rings is 2. The van der Waals surface area contributed by atoms with Gasteiger partial charge in [0.05, 0.1) is 25.6 Å². The largest absolute Gasteiger partial charge is 0.497 e. The van der Waals surface area contributed by atoms with Gasteiger partial charge in [0.2, 0.25) is 5.91 Å². The number of rotatable bonds is 6. The first-order valence-electron chi connectivity index (χ1n) is 9.25. The summed E-state index contributed by atoms with van der Waals surface area (Å²) in [6.45, 7) is -0.151. The van der Waals surface area contributed by atoms with Gasteiger partial charge in [-0.25, -0.2) is 4.52 Å². The zero-order valence-electron chi connectivity index (χ0n) is 16.5. The Morgan fingerprint density at radius 1 is 1.03 bits per heavy atom. The van der Waals surface area contributed by atoms with E-state index < -0.39 is 0 Å². The summed E-state index contributed by atoms with van der Waals surface area (Å²) in [6.07, 6.45) is 3.20. The van der Waals surface area contributed by atoms with Gasteiger partial charge in [0.15, 0.2) is 0 Å². The molecule has 4 rings (SSSR count). The van der Waals surface area contributed by atoms with Gasteiger partial charge in [-0.05, 0) is 18.2 Å². The average molecular weight is 404 g/mol. The molecule has 0 radical (unpaired) electrons. The van der Waals surface area contributed by atoms with Crippen LogP contribution in [0.5, 0.6) is 11.5 Å². The molecule has 0 spiro atoms. The fraction of sp³-hybridized carbons (Fsp3) is 0.136. The molecular weight excluding hydrogens is 384 g/mol. The van der Waals surface area contributed by atoms with Crippen LogP contribution < -0.4 is 20.3 Å². The highest BCUT2D eigenvalue weighted by atomic mass is 16.5. The summed E-state index contributed by atoms with van der Waals surface area (Å²) >= 11 is 0. The number of methoxy groups -OCH3 is 2. The van der Waals surface area contributed by atoms with E-state index in [1.807, 2.05) is 30.3 Å². The van der Waals surface area contributed by atoms with Crippen molar-refractivity contribution in [2.45, 2.75) is 6.54 Å². The average Bonchev–Trinajstić information content (AvgIpc) is 3.21. The van der Waals surface area contributed by atoms with E-state index in [4.69, 9.17) is 9.47 Å². The van der Waals surface area contributed by atoms with Crippen molar-refractivity contribution < 1.29 is 14.3 Å². The maximum atomic E-state index is 12.9. The number of hydrogen-bond acceptors (Lipinski definition) is 5. The molecule has 0 aliphatic rings. The zero-order chi connectivity index (χ0) is 21.1. The van der Waals surface area contributed by atoms with Crippen molar-refractivity contribution in [3.8, 4) is 22.8 Å². The summed E-state index contributed by atoms with van der Waals surface area (Å²) in [5.41, 5.74) is 2.15. The first kappa shape index (κ1) is 19.3. The molecule has 30 heavy (non-hydrogen) atoms. The normalized spacial score (nSPS) is 10.7. The van der Waals surface area contributed by atoms with Crippen LogP contribution in [0.2, 0.25) is 0 Å². The molecule has 1 amide bonds. The lowest BCUT2D eigenvalue weighted by molar-refractivity contribution is -0.116. The Morgan fingerprint density at radius 3 is 2.57 bits per heavy atom. The number of fused-ring (bicyclic) bond motifs is 1. The fourth-order valence-electron chi connectivity index (χ4n) is 3.16. The molecule has 0 saturated heterocycles. The molecule has 0 aliphatic heterocycles. The molecule has 2 aromatic carbocycles. The van der Waals surface area contributed by atoms with Crippen molar-refractivity contribution in [3.63, 3.8) is 0 Å². The summed E-state index contributed by atoms with van der Waals surface area (Å²) in [5.74, 6) is 0.712. The SMILES string of the molecule is COc1ccc(OC)c(NC(=O)Cn2ccn3nc(-c4ccccc4)cc3c2=O)c1. The number of ether oxygens (including phenoxy) is 2. The number of anilines is 1. The van der Waals surface area contributed by atoms with E-state index in [0.717, 1.165) is 5.56 Å². The van der Waals surface area contributed by atoms with Gasteiger partial charge in [-0.1, -0.05) is 30.3 Å². The minimum atomic E-state index is -0.365. The Kier molecular flexibility index (Phi) is 5.21. The minimum Gasteiger partial charge on any atom is -0.497 e. The van der Waals surface area contributed by atoms with Crippen molar-refractivity contribution in [1.29, 1.82) is 0 Å². The Labute approximate surface area is 172 Å². The third-order valence-corrected chi connectivity index (χ3v) is 4.67. The quantitative estimate of drug-likeness (QED) is 0.534. The molecule has 1 N–H and O–H groups in total. The summed E-state index contributed by atoms with van der Waals surface area (Å²) in [7, 11) is 3.05. The van der Waals surface area contributed by atoms with Gasteiger partial charge in [0.1, 0.15) is 23.6 Å². The van der Waals surface area contributed by atoms with Crippen molar-refractivity contribution in [1.82, 2.24) is 14.2 Å². The lowest BCUT2D eigenvalue weighted by Crippen LogP contribution is -2.28. The third-order valence-electron chi connectivity index (χ3n) is 4.67. The van der Waals surface area contributed by atoms with E-state index in [1.54, 1.807) is 36.7 Å². The van der Waals surface area contributed by atoms with Crippen LogP contribution in [0.25, 0.3) is 16.8 Å². The summed E-state index contributed by atoms with van der Waals surface area (Å²) < 4.78 is 13.3. The van der Waals surface area contributed by atoms with Gasteiger partial charge in [-0.2, -0.15) is 5.10 Å². The first-order chi connectivity index (χ1) is 14.6. The molecule has 2 aromatic heterocycles. The number of amides is 1. The predicted molar refractivity (Wildman–Crippen MR) is 113 cm³/mol. The van der Waals surface area contributed by atoms with Crippen molar-refractivity contribution >= 4 is 17.1 Å². The molecule has 4 aromatic rings. The van der Waals surface area contributed by atoms with Crippen LogP contribution in [0, 0.1) is 0 Å². The van der Waals surface area contributed by atoms with Gasteiger partial charge in [-0.3, -0.25) is 9.59 Å². The highest BCUT2D eigenvalue weighted by Crippen LogP contribution is 2.28. The monoisotopic (exact) mass is 404 g/mol. The van der Waals surface area contributed by atoms with Crippen LogP contribution in [0.1, 0.15) is 0 Å². The lowest BCUT2D eigenvalue weighted by atomic mass is 10.1. The number of hydrogen-bond donors (Lipinski definition) is 1. The van der Waals surface area contributed by atoms with E-state index in [0.29, 0.717) is 28.4 Å². The topological polar surface area (TPSA) is 86.9 Å². The molecule has 0 unspecified atom stereocenters. The van der Waals surface area contributed by atoms with Crippen LogP contribution in [0.4, 0.5) is 5.69 Å². The van der Waals surface area contributed by atoms with Crippen LogP contribution in [-0.4, -0.2) is 34.3 Å². The molecule has 8 nitrogen and oxygen atoms in total. The van der Waals surface area contributed by atoms with Gasteiger partial charge in [0, 0.05) is 24.0 Å². The first-order valence-corrected chi connectivity index (χ1v) is 9.25. The molecule has 152 valence electrons. The third kappa shape index (κ3) is 3.75. The van der Waals surface area contributed by atoms with Crippen molar-refractivity contribution in [3.05, 3.63) is 77.3 Å². The van der Waals surface area contributed by atoms with Crippen LogP contribution in [0.3, 0.4) is 0 Å². The maximum Gasteiger partial charge on any atom is 0.277 e. The van der Waals surface area contributed by atoms with Crippen LogP contribution >= 0.6 is 0 Å². The number of nitrogens with zero attached hydrogens (tertiary/aromatic N) is 3. The Balaban J connectivity index is 1.59. The highest BCUT2D eigenvalue weighted by Gasteiger charge is 2.13. The Morgan fingerprint density at radius 2 is 1.83 bits per heavy atom. The molecule has 0 aliphatic carbocycles. The number of aromatic nitrogens is 3. The molecule has 2 heterocycles. The fourth-order valence-corrected chi connectivity index (χ4v) is 3.16. The minimum absolute atomic E-state index is 0.151. The second kappa shape index (κ2) is 8.12. The standard InChI is InChI=1S/C22H20N4O4/c1-29-16-8-9-20(30-2)18(12-16)23-21(27)14-25-10-11-26-19(22(25)28)13-17(24-26)15-6-4-3-5-7-15/h3-13H,14H2,1-2H3,(H,23,27). The van der Waals surface area contributed by atoms with Gasteiger partial charge < -0.3 is 19.4 Å². The van der Waals surface area contributed by atoms with E-state index in [2.05, 4.69) is 10.4 Å². The summed E-state index contributed by atoms with van der Waals surface area (Å²) in [5, 5.41) is 7.21. The summed E-state index contributed by atoms with van der Waals surface area (Å²) in [4.78, 5) is 25.4. The molecule has 0 bridgehead atoms. The van der Waals surface area contributed by atoms with E-state index in [1.165, 1.54) is 23.3 Å². The number of carbonyl (C=O) groups excluding carboxylic acids is 1. The second-order valence-electron chi connectivity index (χ2n) is 6.57. The van der Waals surface area contributed by atoms with Crippen LogP contribution in [-0.2, 0) is 11.3 Å². The summed E-state index contributed by atoms with van der Waals surface area (Å²) in [6, 6.07) is 16.4. The van der Waals surface area contributed by atoms with E-state index in [9.17, 15) is 9.59 Å². The zero-order valence-corrected chi connectivity index (χ0v) is 16.5. The molecule has 0 fully saturated rings. The molecule has 8 heteroatoms. The van der Waals surface area contributed by atoms with E-state index >= 15 is 0 Å². The maximum absolute atomic E-state index is 12.9. The number of carbonyl (C=O) groups is 1. The van der Waals surface area contributed by atoms with Crippen molar-refractivity contribution in [2.75, 3.05) is 19.5 Å².